The molecule has 0 aliphatic rings. The average molecular weight is 590 g/mol. The Morgan fingerprint density at radius 3 is 2.63 bits per heavy atom. The summed E-state index contributed by atoms with van der Waals surface area (Å²) in [6.07, 6.45) is 1.72. The third-order valence-electron chi connectivity index (χ3n) is 6.11. The van der Waals surface area contributed by atoms with Crippen molar-refractivity contribution in [3.8, 4) is 38.7 Å². The van der Waals surface area contributed by atoms with E-state index in [0.717, 1.165) is 21.7 Å². The molecule has 0 fully saturated rings. The Labute approximate surface area is 243 Å². The monoisotopic (exact) mass is 589 g/mol. The topological polar surface area (TPSA) is 113 Å². The number of amides is 1. The summed E-state index contributed by atoms with van der Waals surface area (Å²) in [5, 5.41) is 11.5. The van der Waals surface area contributed by atoms with Crippen molar-refractivity contribution in [1.82, 2.24) is 24.9 Å². The van der Waals surface area contributed by atoms with Crippen LogP contribution < -0.4 is 19.5 Å². The van der Waals surface area contributed by atoms with Gasteiger partial charge in [-0.3, -0.25) is 4.79 Å². The highest BCUT2D eigenvalue weighted by Gasteiger charge is 2.19. The Hall–Kier alpha value is -4.42. The van der Waals surface area contributed by atoms with Gasteiger partial charge in [0.15, 0.2) is 5.76 Å². The molecule has 0 unspecified atom stereocenters. The van der Waals surface area contributed by atoms with Crippen molar-refractivity contribution in [2.45, 2.75) is 32.9 Å². The van der Waals surface area contributed by atoms with Crippen LogP contribution in [0.5, 0.6) is 16.7 Å². The number of fused-ring (bicyclic) bond motifs is 2. The van der Waals surface area contributed by atoms with Crippen molar-refractivity contribution in [2.75, 3.05) is 14.2 Å². The van der Waals surface area contributed by atoms with Crippen molar-refractivity contribution in [1.29, 1.82) is 0 Å². The maximum absolute atomic E-state index is 12.4. The molecule has 4 aromatic heterocycles. The van der Waals surface area contributed by atoms with Crippen LogP contribution in [0, 0.1) is 0 Å². The van der Waals surface area contributed by atoms with Crippen molar-refractivity contribution >= 4 is 44.5 Å². The summed E-state index contributed by atoms with van der Waals surface area (Å²) >= 11 is 2.87. The summed E-state index contributed by atoms with van der Waals surface area (Å²) < 4.78 is 24.8. The van der Waals surface area contributed by atoms with E-state index in [0.29, 0.717) is 44.3 Å². The van der Waals surface area contributed by atoms with E-state index < -0.39 is 0 Å². The fourth-order valence-corrected chi connectivity index (χ4v) is 5.71. The van der Waals surface area contributed by atoms with Gasteiger partial charge < -0.3 is 23.9 Å². The van der Waals surface area contributed by atoms with Gasteiger partial charge >= 0.3 is 0 Å². The highest BCUT2D eigenvalue weighted by molar-refractivity contribution is 7.18. The van der Waals surface area contributed by atoms with Gasteiger partial charge in [-0.15, -0.1) is 16.4 Å². The van der Waals surface area contributed by atoms with Crippen LogP contribution in [0.1, 0.15) is 36.8 Å². The third kappa shape index (κ3) is 5.48. The first-order valence-electron chi connectivity index (χ1n) is 12.7. The van der Waals surface area contributed by atoms with E-state index in [4.69, 9.17) is 23.6 Å². The Bertz CT molecular complexity index is 1860. The van der Waals surface area contributed by atoms with Crippen LogP contribution in [-0.2, 0) is 6.61 Å². The zero-order valence-electron chi connectivity index (χ0n) is 23.0. The quantitative estimate of drug-likeness (QED) is 0.215. The lowest BCUT2D eigenvalue weighted by atomic mass is 10.1. The molecule has 0 saturated carbocycles. The molecule has 41 heavy (non-hydrogen) atoms. The van der Waals surface area contributed by atoms with Crippen LogP contribution in [0.3, 0.4) is 0 Å². The molecule has 210 valence electrons. The number of methoxy groups -OCH3 is 2. The Kier molecular flexibility index (Phi) is 6.88. The summed E-state index contributed by atoms with van der Waals surface area (Å²) in [5.41, 5.74) is 3.34. The fraction of sp³-hybridized carbons (Fsp3) is 0.241. The van der Waals surface area contributed by atoms with Crippen LogP contribution in [0.15, 0.2) is 58.5 Å². The molecule has 0 bridgehead atoms. The van der Waals surface area contributed by atoms with Crippen molar-refractivity contribution < 1.29 is 23.4 Å². The second-order valence-electron chi connectivity index (χ2n) is 10.3. The molecule has 10 nitrogen and oxygen atoms in total. The molecule has 1 amide bonds. The van der Waals surface area contributed by atoms with Crippen molar-refractivity contribution in [3.63, 3.8) is 0 Å². The average Bonchev–Trinajstić information content (AvgIpc) is 3.73. The molecule has 0 saturated heterocycles. The smallest absolute Gasteiger partial charge is 0.294 e. The number of benzene rings is 2. The summed E-state index contributed by atoms with van der Waals surface area (Å²) in [6, 6.07) is 13.0. The highest BCUT2D eigenvalue weighted by atomic mass is 32.1. The normalized spacial score (nSPS) is 11.7. The zero-order chi connectivity index (χ0) is 28.7. The number of rotatable bonds is 8. The number of aromatic nitrogens is 4. The van der Waals surface area contributed by atoms with Gasteiger partial charge in [0.1, 0.15) is 34.4 Å². The van der Waals surface area contributed by atoms with Gasteiger partial charge in [0.2, 0.25) is 4.96 Å². The van der Waals surface area contributed by atoms with Crippen LogP contribution in [0.4, 0.5) is 0 Å². The Morgan fingerprint density at radius 1 is 1.10 bits per heavy atom. The highest BCUT2D eigenvalue weighted by Crippen LogP contribution is 2.38. The number of nitrogens with zero attached hydrogens (tertiary/aromatic N) is 4. The number of thiazole rings is 1. The van der Waals surface area contributed by atoms with Crippen LogP contribution in [-0.4, -0.2) is 45.2 Å². The molecule has 4 heterocycles. The van der Waals surface area contributed by atoms with Crippen LogP contribution in [0.25, 0.3) is 38.0 Å². The second-order valence-corrected chi connectivity index (χ2v) is 12.0. The van der Waals surface area contributed by atoms with E-state index >= 15 is 0 Å². The van der Waals surface area contributed by atoms with Gasteiger partial charge in [-0.25, -0.2) is 9.97 Å². The van der Waals surface area contributed by atoms with Gasteiger partial charge in [-0.05, 0) is 50.3 Å². The van der Waals surface area contributed by atoms with Gasteiger partial charge in [0.05, 0.1) is 31.5 Å². The Morgan fingerprint density at radius 2 is 1.90 bits per heavy atom. The first-order valence-corrected chi connectivity index (χ1v) is 14.4. The second kappa shape index (κ2) is 10.5. The molecule has 1 N–H and O–H groups in total. The minimum atomic E-state index is -0.298. The van der Waals surface area contributed by atoms with E-state index in [2.05, 4.69) is 15.4 Å². The molecular formula is C29H27N5O5S2. The molecule has 0 radical (unpaired) electrons. The lowest BCUT2D eigenvalue weighted by molar-refractivity contribution is 0.0919. The fourth-order valence-electron chi connectivity index (χ4n) is 4.21. The van der Waals surface area contributed by atoms with E-state index in [1.807, 2.05) is 68.6 Å². The van der Waals surface area contributed by atoms with Crippen LogP contribution in [0.2, 0.25) is 0 Å². The van der Waals surface area contributed by atoms with Gasteiger partial charge in [0.25, 0.3) is 11.1 Å². The molecular weight excluding hydrogens is 562 g/mol. The summed E-state index contributed by atoms with van der Waals surface area (Å²) in [4.78, 5) is 22.3. The number of carbonyl (C=O) groups is 1. The third-order valence-corrected chi connectivity index (χ3v) is 7.94. The standard InChI is InChI=1S/C29H27N5O5S2/c1-29(2,3)32-25(35)16-6-8-17(9-7-16)26-31-18(15-40-26)14-38-22-10-19(36-4)11-23-20(22)12-24(39-23)21-13-30-27-34(21)33-28(37-5)41-27/h6-13,15H,14H2,1-5H3,(H,32,35). The first kappa shape index (κ1) is 26.8. The Balaban J connectivity index is 1.22. The lowest BCUT2D eigenvalue weighted by Gasteiger charge is -2.20. The number of hydrogen-bond donors (Lipinski definition) is 1. The van der Waals surface area contributed by atoms with Crippen molar-refractivity contribution in [3.05, 3.63) is 65.3 Å². The maximum Gasteiger partial charge on any atom is 0.294 e. The number of nitrogens with one attached hydrogen (secondary N) is 1. The predicted octanol–water partition coefficient (Wildman–Crippen LogP) is 6.45. The molecule has 0 spiro atoms. The number of ether oxygens (including phenoxy) is 3. The van der Waals surface area contributed by atoms with Crippen LogP contribution >= 0.6 is 22.7 Å². The molecule has 0 aliphatic carbocycles. The predicted molar refractivity (Wildman–Crippen MR) is 158 cm³/mol. The van der Waals surface area contributed by atoms with E-state index in [1.165, 1.54) is 22.7 Å². The number of carbonyl (C=O) groups excluding carboxylic acids is 1. The number of furan rings is 1. The summed E-state index contributed by atoms with van der Waals surface area (Å²) in [5.74, 6) is 1.70. The molecule has 0 aliphatic heterocycles. The van der Waals surface area contributed by atoms with Gasteiger partial charge in [-0.2, -0.15) is 4.52 Å². The summed E-state index contributed by atoms with van der Waals surface area (Å²) in [6.45, 7) is 6.12. The van der Waals surface area contributed by atoms with Gasteiger partial charge in [-0.1, -0.05) is 12.1 Å². The van der Waals surface area contributed by atoms with E-state index in [1.54, 1.807) is 24.9 Å². The van der Waals surface area contributed by atoms with Gasteiger partial charge in [0, 0.05) is 34.2 Å². The van der Waals surface area contributed by atoms with E-state index in [9.17, 15) is 4.79 Å². The number of imidazole rings is 1. The van der Waals surface area contributed by atoms with E-state index in [-0.39, 0.29) is 18.1 Å². The molecule has 6 aromatic rings. The zero-order valence-corrected chi connectivity index (χ0v) is 24.7. The number of hydrogen-bond acceptors (Lipinski definition) is 10. The molecule has 6 rings (SSSR count). The molecule has 2 aromatic carbocycles. The molecule has 12 heteroatoms. The maximum atomic E-state index is 12.4. The largest absolute Gasteiger partial charge is 0.496 e. The van der Waals surface area contributed by atoms with Crippen molar-refractivity contribution in [2.24, 2.45) is 0 Å². The minimum Gasteiger partial charge on any atom is -0.496 e. The minimum absolute atomic E-state index is 0.103. The lowest BCUT2D eigenvalue weighted by Crippen LogP contribution is -2.40. The summed E-state index contributed by atoms with van der Waals surface area (Å²) in [7, 11) is 3.17. The SMILES string of the molecule is COc1cc(OCc2csc(-c3ccc(C(=O)NC(C)(C)C)cc3)n2)c2cc(-c3cnc4sc(OC)nn34)oc2c1. The molecule has 0 atom stereocenters. The first-order chi connectivity index (χ1) is 19.7.